The van der Waals surface area contributed by atoms with Crippen LogP contribution in [0.5, 0.6) is 11.5 Å². The van der Waals surface area contributed by atoms with Gasteiger partial charge in [0, 0.05) is 35.3 Å². The Morgan fingerprint density at radius 1 is 1.28 bits per heavy atom. The highest BCUT2D eigenvalue weighted by atomic mass is 32.1. The maximum absolute atomic E-state index is 11.6. The molecule has 166 valence electrons. The molecular weight excluding hydrogens is 430 g/mol. The summed E-state index contributed by atoms with van der Waals surface area (Å²) in [6.45, 7) is 3.95. The summed E-state index contributed by atoms with van der Waals surface area (Å²) in [7, 11) is 3.45. The van der Waals surface area contributed by atoms with E-state index in [2.05, 4.69) is 15.4 Å². The Morgan fingerprint density at radius 3 is 2.84 bits per heavy atom. The lowest BCUT2D eigenvalue weighted by molar-refractivity contribution is -0.145. The maximum atomic E-state index is 11.6. The molecule has 9 nitrogen and oxygen atoms in total. The molecule has 1 aromatic carbocycles. The maximum Gasteiger partial charge on any atom is 0.344 e. The van der Waals surface area contributed by atoms with Gasteiger partial charge in [-0.05, 0) is 26.0 Å². The van der Waals surface area contributed by atoms with E-state index in [0.717, 1.165) is 31.9 Å². The number of rotatable bonds is 8. The molecule has 0 saturated carbocycles. The van der Waals surface area contributed by atoms with E-state index in [-0.39, 0.29) is 6.61 Å². The molecule has 0 aliphatic carbocycles. The van der Waals surface area contributed by atoms with Crippen LogP contribution in [0.2, 0.25) is 0 Å². The van der Waals surface area contributed by atoms with Crippen LogP contribution in [0.3, 0.4) is 0 Å². The third kappa shape index (κ3) is 4.50. The van der Waals surface area contributed by atoms with Gasteiger partial charge in [0.1, 0.15) is 11.5 Å². The molecule has 32 heavy (non-hydrogen) atoms. The fourth-order valence-corrected chi connectivity index (χ4v) is 4.30. The number of hydrogen-bond donors (Lipinski definition) is 1. The van der Waals surface area contributed by atoms with E-state index in [4.69, 9.17) is 19.2 Å². The quantitative estimate of drug-likeness (QED) is 0.398. The minimum absolute atomic E-state index is 0.159. The van der Waals surface area contributed by atoms with E-state index < -0.39 is 5.97 Å². The molecule has 4 rings (SSSR count). The number of hydrogen-bond acceptors (Lipinski definition) is 9. The molecule has 0 bridgehead atoms. The van der Waals surface area contributed by atoms with Gasteiger partial charge in [0.2, 0.25) is 5.95 Å². The highest BCUT2D eigenvalue weighted by Crippen LogP contribution is 2.42. The number of nitrogens with zero attached hydrogens (tertiary/aromatic N) is 4. The summed E-state index contributed by atoms with van der Waals surface area (Å²) >= 11 is 1.62. The minimum atomic E-state index is -0.416. The monoisotopic (exact) mass is 453 g/mol. The van der Waals surface area contributed by atoms with Crippen molar-refractivity contribution in [2.75, 3.05) is 25.6 Å². The van der Waals surface area contributed by atoms with Gasteiger partial charge in [-0.2, -0.15) is 5.10 Å². The average Bonchev–Trinajstić information content (AvgIpc) is 3.33. The second-order valence-electron chi connectivity index (χ2n) is 6.92. The van der Waals surface area contributed by atoms with Crippen LogP contribution in [0.15, 0.2) is 36.8 Å². The summed E-state index contributed by atoms with van der Waals surface area (Å²) in [5, 5.41) is 7.34. The molecule has 3 aromatic heterocycles. The van der Waals surface area contributed by atoms with Gasteiger partial charge in [-0.15, -0.1) is 11.3 Å². The SMILES string of the molecule is CCOC(=O)COc1ccc(-c2c(C)sc3cnc(Nc4cnn(C)c4)nc23)c(OC)c1. The smallest absolute Gasteiger partial charge is 0.344 e. The summed E-state index contributed by atoms with van der Waals surface area (Å²) in [4.78, 5) is 21.9. The van der Waals surface area contributed by atoms with Gasteiger partial charge < -0.3 is 19.5 Å². The van der Waals surface area contributed by atoms with Crippen molar-refractivity contribution in [2.24, 2.45) is 7.05 Å². The first kappa shape index (κ1) is 21.6. The predicted molar refractivity (Wildman–Crippen MR) is 123 cm³/mol. The molecule has 3 heterocycles. The lowest BCUT2D eigenvalue weighted by Crippen LogP contribution is -2.14. The van der Waals surface area contributed by atoms with Crippen LogP contribution in [-0.4, -0.2) is 46.0 Å². The van der Waals surface area contributed by atoms with Gasteiger partial charge >= 0.3 is 5.97 Å². The van der Waals surface area contributed by atoms with Crippen molar-refractivity contribution in [3.05, 3.63) is 41.7 Å². The van der Waals surface area contributed by atoms with E-state index in [9.17, 15) is 4.79 Å². The number of methoxy groups -OCH3 is 1. The zero-order valence-corrected chi connectivity index (χ0v) is 19.0. The first-order chi connectivity index (χ1) is 15.5. The van der Waals surface area contributed by atoms with Crippen LogP contribution in [0.25, 0.3) is 21.3 Å². The van der Waals surface area contributed by atoms with Crippen LogP contribution in [-0.2, 0) is 16.6 Å². The van der Waals surface area contributed by atoms with Crippen LogP contribution in [0.4, 0.5) is 11.6 Å². The van der Waals surface area contributed by atoms with Crippen LogP contribution >= 0.6 is 11.3 Å². The van der Waals surface area contributed by atoms with E-state index in [1.165, 1.54) is 0 Å². The lowest BCUT2D eigenvalue weighted by Gasteiger charge is -2.12. The van der Waals surface area contributed by atoms with Crippen molar-refractivity contribution >= 4 is 39.2 Å². The average molecular weight is 454 g/mol. The van der Waals surface area contributed by atoms with Crippen molar-refractivity contribution in [3.8, 4) is 22.6 Å². The number of ether oxygens (including phenoxy) is 3. The number of anilines is 2. The third-order valence-corrected chi connectivity index (χ3v) is 5.70. The molecule has 0 spiro atoms. The van der Waals surface area contributed by atoms with E-state index in [1.54, 1.807) is 48.4 Å². The second kappa shape index (κ2) is 9.23. The van der Waals surface area contributed by atoms with Gasteiger partial charge in [0.05, 0.1) is 42.0 Å². The number of aromatic nitrogens is 4. The Labute approximate surface area is 189 Å². The topological polar surface area (TPSA) is 100 Å². The fourth-order valence-electron chi connectivity index (χ4n) is 3.31. The van der Waals surface area contributed by atoms with Crippen molar-refractivity contribution in [1.82, 2.24) is 19.7 Å². The predicted octanol–water partition coefficient (Wildman–Crippen LogP) is 4.09. The molecule has 0 unspecified atom stereocenters. The summed E-state index contributed by atoms with van der Waals surface area (Å²) in [6, 6.07) is 5.47. The van der Waals surface area contributed by atoms with Gasteiger partial charge in [-0.3, -0.25) is 4.68 Å². The highest BCUT2D eigenvalue weighted by molar-refractivity contribution is 7.19. The zero-order valence-electron chi connectivity index (χ0n) is 18.2. The molecular formula is C22H23N5O4S. The van der Waals surface area contributed by atoms with Gasteiger partial charge in [0.25, 0.3) is 0 Å². The van der Waals surface area contributed by atoms with Crippen molar-refractivity contribution in [3.63, 3.8) is 0 Å². The molecule has 0 fully saturated rings. The molecule has 0 atom stereocenters. The summed E-state index contributed by atoms with van der Waals surface area (Å²) in [6.07, 6.45) is 5.38. The zero-order chi connectivity index (χ0) is 22.7. The van der Waals surface area contributed by atoms with Crippen molar-refractivity contribution in [1.29, 1.82) is 0 Å². The number of benzene rings is 1. The second-order valence-corrected chi connectivity index (χ2v) is 8.18. The van der Waals surface area contributed by atoms with Gasteiger partial charge in [0.15, 0.2) is 6.61 Å². The van der Waals surface area contributed by atoms with E-state index in [0.29, 0.717) is 24.1 Å². The molecule has 0 saturated heterocycles. The number of esters is 1. The number of fused-ring (bicyclic) bond motifs is 1. The number of nitrogens with one attached hydrogen (secondary N) is 1. The summed E-state index contributed by atoms with van der Waals surface area (Å²) in [5.41, 5.74) is 3.48. The highest BCUT2D eigenvalue weighted by Gasteiger charge is 2.18. The molecule has 4 aromatic rings. The number of aryl methyl sites for hydroxylation is 2. The Kier molecular flexibility index (Phi) is 6.22. The lowest BCUT2D eigenvalue weighted by atomic mass is 10.0. The number of carbonyl (C=O) groups is 1. The Hall–Kier alpha value is -3.66. The van der Waals surface area contributed by atoms with E-state index >= 15 is 0 Å². The first-order valence-corrected chi connectivity index (χ1v) is 10.8. The molecule has 10 heteroatoms. The molecule has 0 amide bonds. The number of carbonyl (C=O) groups excluding carboxylic acids is 1. The third-order valence-electron chi connectivity index (χ3n) is 4.67. The van der Waals surface area contributed by atoms with Crippen molar-refractivity contribution < 1.29 is 19.0 Å². The van der Waals surface area contributed by atoms with Crippen LogP contribution in [0.1, 0.15) is 11.8 Å². The van der Waals surface area contributed by atoms with Crippen LogP contribution < -0.4 is 14.8 Å². The number of thiophene rings is 1. The Bertz CT molecular complexity index is 1270. The molecule has 1 N–H and O–H groups in total. The molecule has 0 aliphatic rings. The summed E-state index contributed by atoms with van der Waals surface area (Å²) in [5.74, 6) is 1.21. The molecule has 0 aliphatic heterocycles. The Morgan fingerprint density at radius 2 is 2.12 bits per heavy atom. The van der Waals surface area contributed by atoms with Gasteiger partial charge in [-0.25, -0.2) is 14.8 Å². The van der Waals surface area contributed by atoms with E-state index in [1.807, 2.05) is 32.4 Å². The minimum Gasteiger partial charge on any atom is -0.496 e. The van der Waals surface area contributed by atoms with Gasteiger partial charge in [-0.1, -0.05) is 0 Å². The fraction of sp³-hybridized carbons (Fsp3) is 0.273. The first-order valence-electron chi connectivity index (χ1n) is 9.97. The Balaban J connectivity index is 1.67. The van der Waals surface area contributed by atoms with Crippen molar-refractivity contribution in [2.45, 2.75) is 13.8 Å². The normalized spacial score (nSPS) is 10.9. The standard InChI is InChI=1S/C22H23N5O4S/c1-5-30-19(28)12-31-15-6-7-16(17(8-15)29-4)20-13(2)32-18-10-23-22(26-21(18)20)25-14-9-24-27(3)11-14/h6-11H,5,12H2,1-4H3,(H,23,25,26). The largest absolute Gasteiger partial charge is 0.496 e. The summed E-state index contributed by atoms with van der Waals surface area (Å²) < 4.78 is 18.8. The molecule has 0 radical (unpaired) electrons. The van der Waals surface area contributed by atoms with Crippen LogP contribution in [0, 0.1) is 6.92 Å².